The van der Waals surface area contributed by atoms with E-state index in [4.69, 9.17) is 32.5 Å². The van der Waals surface area contributed by atoms with Crippen LogP contribution in [-0.2, 0) is 9.09 Å². The molecule has 0 aliphatic carbocycles. The highest BCUT2D eigenvalue weighted by molar-refractivity contribution is 7.46. The summed E-state index contributed by atoms with van der Waals surface area (Å²) < 4.78 is 22.6. The molecule has 1 heterocycles. The molecule has 0 saturated carbocycles. The maximum Gasteiger partial charge on any atom is 0.470 e. The number of Topliss-reactive ketones (excluding diaryl/α,β-unsaturated/α-hetero) is 1. The molecule has 1 aliphatic heterocycles. The molecule has 0 aromatic heterocycles. The SMILES string of the molecule is CC(=O)c1ccc2c(c1)[C@@H](NC(=O)c1cccc(Cl)c1Cl)[C@H](OP(=O)(O)O)C(C)(C)O2. The monoisotopic (exact) mass is 487 g/mol. The maximum absolute atomic E-state index is 13.0. The first-order valence-electron chi connectivity index (χ1n) is 9.13. The van der Waals surface area contributed by atoms with Crippen molar-refractivity contribution < 1.29 is 33.2 Å². The number of ketones is 1. The summed E-state index contributed by atoms with van der Waals surface area (Å²) in [6.45, 7) is 4.51. The fourth-order valence-electron chi connectivity index (χ4n) is 3.40. The second-order valence-corrected chi connectivity index (χ2v) is 9.56. The number of carbonyl (C=O) groups is 2. The molecule has 0 bridgehead atoms. The highest BCUT2D eigenvalue weighted by Crippen LogP contribution is 2.49. The summed E-state index contributed by atoms with van der Waals surface area (Å²) in [6, 6.07) is 8.07. The van der Waals surface area contributed by atoms with Gasteiger partial charge in [0.05, 0.1) is 21.7 Å². The topological polar surface area (TPSA) is 122 Å². The van der Waals surface area contributed by atoms with Crippen molar-refractivity contribution in [2.75, 3.05) is 0 Å². The minimum absolute atomic E-state index is 0.0261. The first kappa shape index (κ1) is 23.7. The summed E-state index contributed by atoms with van der Waals surface area (Å²) in [6.07, 6.45) is -1.30. The van der Waals surface area contributed by atoms with E-state index in [-0.39, 0.29) is 21.4 Å². The Labute approximate surface area is 188 Å². The number of ether oxygens (including phenoxy) is 1. The Bertz CT molecular complexity index is 1100. The Kier molecular flexibility index (Phi) is 6.54. The fourth-order valence-corrected chi connectivity index (χ4v) is 4.45. The van der Waals surface area contributed by atoms with Crippen LogP contribution in [0, 0.1) is 0 Å². The molecule has 3 rings (SSSR count). The van der Waals surface area contributed by atoms with E-state index in [1.54, 1.807) is 32.0 Å². The molecule has 2 aromatic carbocycles. The number of halogens is 2. The van der Waals surface area contributed by atoms with Crippen molar-refractivity contribution in [3.05, 3.63) is 63.1 Å². The van der Waals surface area contributed by atoms with Crippen molar-refractivity contribution >= 4 is 42.7 Å². The summed E-state index contributed by atoms with van der Waals surface area (Å²) in [5.41, 5.74) is -0.520. The van der Waals surface area contributed by atoms with E-state index in [9.17, 15) is 23.9 Å². The number of rotatable bonds is 5. The summed E-state index contributed by atoms with van der Waals surface area (Å²) in [5.74, 6) is -0.542. The van der Waals surface area contributed by atoms with E-state index in [0.29, 0.717) is 16.9 Å². The number of carbonyl (C=O) groups excluding carboxylic acids is 2. The van der Waals surface area contributed by atoms with Crippen LogP contribution in [0.25, 0.3) is 0 Å². The molecule has 0 radical (unpaired) electrons. The molecule has 31 heavy (non-hydrogen) atoms. The molecule has 8 nitrogen and oxygen atoms in total. The lowest BCUT2D eigenvalue weighted by Crippen LogP contribution is -2.54. The smallest absolute Gasteiger partial charge is 0.470 e. The van der Waals surface area contributed by atoms with E-state index in [1.165, 1.54) is 25.1 Å². The molecule has 11 heteroatoms. The largest absolute Gasteiger partial charge is 0.485 e. The van der Waals surface area contributed by atoms with Gasteiger partial charge in [-0.15, -0.1) is 0 Å². The Hall–Kier alpha value is -1.93. The van der Waals surface area contributed by atoms with Crippen LogP contribution in [0.3, 0.4) is 0 Å². The number of nitrogens with one attached hydrogen (secondary N) is 1. The summed E-state index contributed by atoms with van der Waals surface area (Å²) >= 11 is 12.2. The molecule has 1 amide bonds. The standard InChI is InChI=1S/C20H20Cl2NO7P/c1-10(24)11-7-8-15-13(9-11)17(18(20(2,3)29-15)30-31(26,27)28)23-19(25)12-5-4-6-14(21)16(12)22/h4-9,17-18H,1-3H3,(H,23,25)(H2,26,27,28)/t17-,18+/m1/s1. The average Bonchev–Trinajstić information content (AvgIpc) is 2.65. The van der Waals surface area contributed by atoms with E-state index in [2.05, 4.69) is 5.32 Å². The zero-order valence-corrected chi connectivity index (χ0v) is 19.2. The van der Waals surface area contributed by atoms with Gasteiger partial charge in [-0.05, 0) is 51.1 Å². The normalized spacial score (nSPS) is 19.8. The zero-order valence-electron chi connectivity index (χ0n) is 16.8. The molecule has 1 aliphatic rings. The highest BCUT2D eigenvalue weighted by Gasteiger charge is 2.48. The van der Waals surface area contributed by atoms with Crippen LogP contribution in [0.5, 0.6) is 5.75 Å². The molecular weight excluding hydrogens is 468 g/mol. The second kappa shape index (κ2) is 8.54. The van der Waals surface area contributed by atoms with Crippen LogP contribution >= 0.6 is 31.0 Å². The van der Waals surface area contributed by atoms with Gasteiger partial charge < -0.3 is 19.8 Å². The number of benzene rings is 2. The van der Waals surface area contributed by atoms with Crippen LogP contribution in [-0.4, -0.2) is 33.2 Å². The van der Waals surface area contributed by atoms with Crippen LogP contribution in [0.4, 0.5) is 0 Å². The summed E-state index contributed by atoms with van der Waals surface area (Å²) in [5, 5.41) is 2.91. The van der Waals surface area contributed by atoms with Crippen LogP contribution < -0.4 is 10.1 Å². The number of phosphoric ester groups is 1. The first-order valence-corrected chi connectivity index (χ1v) is 11.4. The predicted octanol–water partition coefficient (Wildman–Crippen LogP) is 4.32. The Morgan fingerprint density at radius 1 is 1.19 bits per heavy atom. The third-order valence-corrected chi connectivity index (χ3v) is 6.17. The van der Waals surface area contributed by atoms with Gasteiger partial charge in [0.1, 0.15) is 17.5 Å². The number of amides is 1. The third-order valence-electron chi connectivity index (χ3n) is 4.85. The van der Waals surface area contributed by atoms with Crippen molar-refractivity contribution in [2.24, 2.45) is 0 Å². The quantitative estimate of drug-likeness (QED) is 0.424. The van der Waals surface area contributed by atoms with Gasteiger partial charge in [-0.1, -0.05) is 29.3 Å². The van der Waals surface area contributed by atoms with Crippen LogP contribution in [0.15, 0.2) is 36.4 Å². The van der Waals surface area contributed by atoms with Gasteiger partial charge in [0.15, 0.2) is 5.78 Å². The van der Waals surface area contributed by atoms with Crippen molar-refractivity contribution in [2.45, 2.75) is 38.5 Å². The molecule has 0 unspecified atom stereocenters. The minimum Gasteiger partial charge on any atom is -0.485 e. The molecule has 2 atom stereocenters. The van der Waals surface area contributed by atoms with E-state index in [0.717, 1.165) is 0 Å². The number of hydrogen-bond donors (Lipinski definition) is 3. The van der Waals surface area contributed by atoms with E-state index in [1.807, 2.05) is 0 Å². The Balaban J connectivity index is 2.12. The van der Waals surface area contributed by atoms with Gasteiger partial charge in [0.25, 0.3) is 5.91 Å². The molecular formula is C20H20Cl2NO7P. The summed E-state index contributed by atoms with van der Waals surface area (Å²) in [7, 11) is -4.97. The van der Waals surface area contributed by atoms with Gasteiger partial charge in [0.2, 0.25) is 0 Å². The lowest BCUT2D eigenvalue weighted by atomic mass is 9.85. The van der Waals surface area contributed by atoms with Crippen molar-refractivity contribution in [1.82, 2.24) is 5.32 Å². The Morgan fingerprint density at radius 2 is 1.87 bits per heavy atom. The molecule has 0 spiro atoms. The minimum atomic E-state index is -4.97. The molecule has 2 aromatic rings. The molecule has 0 saturated heterocycles. The summed E-state index contributed by atoms with van der Waals surface area (Å²) in [4.78, 5) is 43.9. The number of phosphoric acid groups is 1. The lowest BCUT2D eigenvalue weighted by molar-refractivity contribution is -0.0597. The van der Waals surface area contributed by atoms with Crippen molar-refractivity contribution in [1.29, 1.82) is 0 Å². The van der Waals surface area contributed by atoms with Crippen LogP contribution in [0.2, 0.25) is 10.0 Å². The van der Waals surface area contributed by atoms with E-state index < -0.39 is 31.5 Å². The Morgan fingerprint density at radius 3 is 2.48 bits per heavy atom. The lowest BCUT2D eigenvalue weighted by Gasteiger charge is -2.44. The van der Waals surface area contributed by atoms with Gasteiger partial charge in [0, 0.05) is 11.1 Å². The first-order chi connectivity index (χ1) is 14.3. The zero-order chi connectivity index (χ0) is 23.1. The number of hydrogen-bond acceptors (Lipinski definition) is 5. The van der Waals surface area contributed by atoms with Gasteiger partial charge >= 0.3 is 7.82 Å². The molecule has 166 valence electrons. The van der Waals surface area contributed by atoms with Crippen molar-refractivity contribution in [3.63, 3.8) is 0 Å². The van der Waals surface area contributed by atoms with Gasteiger partial charge in [-0.25, -0.2) is 4.57 Å². The molecule has 0 fully saturated rings. The van der Waals surface area contributed by atoms with E-state index >= 15 is 0 Å². The van der Waals surface area contributed by atoms with Gasteiger partial charge in [-0.2, -0.15) is 0 Å². The fraction of sp³-hybridized carbons (Fsp3) is 0.300. The van der Waals surface area contributed by atoms with Gasteiger partial charge in [-0.3, -0.25) is 14.1 Å². The third kappa shape index (κ3) is 5.12. The maximum atomic E-state index is 13.0. The van der Waals surface area contributed by atoms with Crippen molar-refractivity contribution in [3.8, 4) is 5.75 Å². The number of fused-ring (bicyclic) bond motifs is 1. The second-order valence-electron chi connectivity index (χ2n) is 7.58. The van der Waals surface area contributed by atoms with Crippen LogP contribution in [0.1, 0.15) is 53.1 Å². The average molecular weight is 488 g/mol. The highest BCUT2D eigenvalue weighted by atomic mass is 35.5. The predicted molar refractivity (Wildman–Crippen MR) is 115 cm³/mol. The molecule has 3 N–H and O–H groups in total.